The summed E-state index contributed by atoms with van der Waals surface area (Å²) in [6.07, 6.45) is 50.1. The Morgan fingerprint density at radius 3 is 0.902 bits per heavy atom. The lowest BCUT2D eigenvalue weighted by molar-refractivity contribution is 0.399. The number of hydrogen-bond acceptors (Lipinski definition) is 2. The highest BCUT2D eigenvalue weighted by Crippen LogP contribution is 2.11. The molecule has 0 heterocycles. The van der Waals surface area contributed by atoms with Gasteiger partial charge in [-0.1, -0.05) is 161 Å². The topological polar surface area (TPSA) is 24.1 Å². The highest BCUT2D eigenvalue weighted by Gasteiger charge is 2.03. The fraction of sp³-hybridized carbons (Fsp3) is 0.897. The van der Waals surface area contributed by atoms with Gasteiger partial charge >= 0.3 is 0 Å². The normalized spacial score (nSPS) is 12.1. The van der Waals surface area contributed by atoms with Gasteiger partial charge in [-0.25, -0.2) is 0 Å². The molecule has 0 spiro atoms. The molecule has 0 aromatic carbocycles. The van der Waals surface area contributed by atoms with Crippen molar-refractivity contribution < 1.29 is 0 Å². The van der Waals surface area contributed by atoms with Crippen molar-refractivity contribution in [3.8, 4) is 0 Å². The molecule has 2 nitrogen and oxygen atoms in total. The summed E-state index contributed by atoms with van der Waals surface area (Å²) in [6, 6.07) is 0. The van der Waals surface area contributed by atoms with E-state index in [-0.39, 0.29) is 0 Å². The molecule has 0 unspecified atom stereocenters. The van der Waals surface area contributed by atoms with Gasteiger partial charge in [0.2, 0.25) is 0 Å². The lowest BCUT2D eigenvalue weighted by atomic mass is 10.1. The number of allylic oxidation sites excluding steroid dienone is 4. The van der Waals surface area contributed by atoms with E-state index in [1.807, 2.05) is 0 Å². The van der Waals surface area contributed by atoms with Crippen LogP contribution in [-0.2, 0) is 0 Å². The third kappa shape index (κ3) is 35.5. The SMILES string of the molecule is CCCCCCCC/C=C\CCCCCCCCNC(CC)NCCCCCCCC/C=C\CCCCCCCC. The van der Waals surface area contributed by atoms with Crippen molar-refractivity contribution in [2.75, 3.05) is 13.1 Å². The Labute approximate surface area is 260 Å². The second kappa shape index (κ2) is 37.4. The lowest BCUT2D eigenvalue weighted by Gasteiger charge is -2.18. The van der Waals surface area contributed by atoms with E-state index in [1.54, 1.807) is 0 Å². The summed E-state index contributed by atoms with van der Waals surface area (Å²) in [6.45, 7) is 9.22. The third-order valence-corrected chi connectivity index (χ3v) is 8.57. The summed E-state index contributed by atoms with van der Waals surface area (Å²) in [4.78, 5) is 0. The molecule has 0 aliphatic carbocycles. The van der Waals surface area contributed by atoms with Crippen molar-refractivity contribution >= 4 is 0 Å². The number of rotatable bonds is 35. The molecule has 2 heteroatoms. The molecule has 0 bridgehead atoms. The Morgan fingerprint density at radius 1 is 0.341 bits per heavy atom. The average molecular weight is 575 g/mol. The number of unbranched alkanes of at least 4 members (excludes halogenated alkanes) is 24. The molecule has 0 aliphatic rings. The standard InChI is InChI=1S/C39H78N2/c1-4-7-9-11-13-15-17-19-21-23-25-27-29-31-33-35-37-40-39(6-3)41-38-36-34-32-30-28-26-24-22-20-18-16-14-12-10-8-5-2/h19-22,39-41H,4-18,23-38H2,1-3H3/b21-19-,22-20-. The Balaban J connectivity index is 3.33. The molecule has 244 valence electrons. The molecule has 41 heavy (non-hydrogen) atoms. The first-order valence-corrected chi connectivity index (χ1v) is 19.1. The second-order valence-electron chi connectivity index (χ2n) is 12.7. The molecular weight excluding hydrogens is 496 g/mol. The molecule has 0 rings (SSSR count). The van der Waals surface area contributed by atoms with Crippen LogP contribution in [0.1, 0.15) is 207 Å². The van der Waals surface area contributed by atoms with E-state index in [0.29, 0.717) is 6.17 Å². The third-order valence-electron chi connectivity index (χ3n) is 8.57. The van der Waals surface area contributed by atoms with Crippen LogP contribution in [0.2, 0.25) is 0 Å². The van der Waals surface area contributed by atoms with E-state index < -0.39 is 0 Å². The van der Waals surface area contributed by atoms with Gasteiger partial charge in [-0.05, 0) is 83.7 Å². The monoisotopic (exact) mass is 575 g/mol. The van der Waals surface area contributed by atoms with Crippen LogP contribution in [0, 0.1) is 0 Å². The predicted octanol–water partition coefficient (Wildman–Crippen LogP) is 13.0. The summed E-state index contributed by atoms with van der Waals surface area (Å²) in [5.74, 6) is 0. The molecule has 0 aromatic rings. The number of nitrogens with one attached hydrogen (secondary N) is 2. The summed E-state index contributed by atoms with van der Waals surface area (Å²) >= 11 is 0. The van der Waals surface area contributed by atoms with Crippen molar-refractivity contribution in [1.29, 1.82) is 0 Å². The number of hydrogen-bond donors (Lipinski definition) is 2. The van der Waals surface area contributed by atoms with Gasteiger partial charge in [-0.15, -0.1) is 0 Å². The minimum atomic E-state index is 0.501. The first-order valence-electron chi connectivity index (χ1n) is 19.1. The summed E-state index contributed by atoms with van der Waals surface area (Å²) in [7, 11) is 0. The lowest BCUT2D eigenvalue weighted by Crippen LogP contribution is -2.42. The fourth-order valence-electron chi connectivity index (χ4n) is 5.66. The van der Waals surface area contributed by atoms with E-state index >= 15 is 0 Å². The van der Waals surface area contributed by atoms with Crippen LogP contribution in [-0.4, -0.2) is 19.3 Å². The van der Waals surface area contributed by atoms with E-state index in [4.69, 9.17) is 0 Å². The van der Waals surface area contributed by atoms with Crippen molar-refractivity contribution in [3.05, 3.63) is 24.3 Å². The Morgan fingerprint density at radius 2 is 0.610 bits per heavy atom. The zero-order chi connectivity index (χ0) is 29.7. The molecule has 0 saturated carbocycles. The zero-order valence-electron chi connectivity index (χ0n) is 28.8. The summed E-state index contributed by atoms with van der Waals surface area (Å²) in [5.41, 5.74) is 0. The van der Waals surface area contributed by atoms with Gasteiger partial charge in [0.25, 0.3) is 0 Å². The van der Waals surface area contributed by atoms with Gasteiger partial charge in [0.1, 0.15) is 0 Å². The van der Waals surface area contributed by atoms with Crippen LogP contribution in [0.15, 0.2) is 24.3 Å². The Bertz CT molecular complexity index is 468. The maximum absolute atomic E-state index is 3.75. The average Bonchev–Trinajstić information content (AvgIpc) is 2.99. The van der Waals surface area contributed by atoms with Crippen molar-refractivity contribution in [3.63, 3.8) is 0 Å². The first-order chi connectivity index (χ1) is 20.3. The van der Waals surface area contributed by atoms with Crippen LogP contribution < -0.4 is 10.6 Å². The molecule has 2 N–H and O–H groups in total. The molecule has 0 atom stereocenters. The quantitative estimate of drug-likeness (QED) is 0.0447. The van der Waals surface area contributed by atoms with Crippen molar-refractivity contribution in [1.82, 2.24) is 10.6 Å². The Hall–Kier alpha value is -0.600. The maximum atomic E-state index is 3.75. The van der Waals surface area contributed by atoms with Gasteiger partial charge in [0.05, 0.1) is 6.17 Å². The first kappa shape index (κ1) is 40.4. The van der Waals surface area contributed by atoms with E-state index in [1.165, 1.54) is 199 Å². The summed E-state index contributed by atoms with van der Waals surface area (Å²) < 4.78 is 0. The highest BCUT2D eigenvalue weighted by atomic mass is 15.1. The molecular formula is C39H78N2. The summed E-state index contributed by atoms with van der Waals surface area (Å²) in [5, 5.41) is 7.49. The van der Waals surface area contributed by atoms with Crippen LogP contribution in [0.3, 0.4) is 0 Å². The van der Waals surface area contributed by atoms with E-state index in [2.05, 4.69) is 55.7 Å². The van der Waals surface area contributed by atoms with Crippen molar-refractivity contribution in [2.45, 2.75) is 213 Å². The molecule has 0 fully saturated rings. The Kier molecular flexibility index (Phi) is 36.9. The molecule has 0 aromatic heterocycles. The van der Waals surface area contributed by atoms with Crippen molar-refractivity contribution in [2.24, 2.45) is 0 Å². The smallest absolute Gasteiger partial charge is 0.0568 e. The minimum absolute atomic E-state index is 0.501. The maximum Gasteiger partial charge on any atom is 0.0568 e. The molecule has 0 amide bonds. The molecule has 0 aliphatic heterocycles. The van der Waals surface area contributed by atoms with Gasteiger partial charge < -0.3 is 10.6 Å². The van der Waals surface area contributed by atoms with E-state index in [0.717, 1.165) is 0 Å². The van der Waals surface area contributed by atoms with Gasteiger partial charge in [-0.3, -0.25) is 0 Å². The van der Waals surface area contributed by atoms with Crippen LogP contribution in [0.5, 0.6) is 0 Å². The molecule has 0 saturated heterocycles. The fourth-order valence-corrected chi connectivity index (χ4v) is 5.66. The minimum Gasteiger partial charge on any atom is -0.302 e. The van der Waals surface area contributed by atoms with Gasteiger partial charge in [-0.2, -0.15) is 0 Å². The molecule has 0 radical (unpaired) electrons. The van der Waals surface area contributed by atoms with E-state index in [9.17, 15) is 0 Å². The second-order valence-corrected chi connectivity index (χ2v) is 12.7. The van der Waals surface area contributed by atoms with Crippen LogP contribution >= 0.6 is 0 Å². The van der Waals surface area contributed by atoms with Crippen LogP contribution in [0.25, 0.3) is 0 Å². The van der Waals surface area contributed by atoms with Crippen LogP contribution in [0.4, 0.5) is 0 Å². The predicted molar refractivity (Wildman–Crippen MR) is 189 cm³/mol. The van der Waals surface area contributed by atoms with Gasteiger partial charge in [0, 0.05) is 0 Å². The zero-order valence-corrected chi connectivity index (χ0v) is 28.8. The van der Waals surface area contributed by atoms with Gasteiger partial charge in [0.15, 0.2) is 0 Å². The highest BCUT2D eigenvalue weighted by molar-refractivity contribution is 4.82. The largest absolute Gasteiger partial charge is 0.302 e.